The molecule has 4 nitrogen and oxygen atoms in total. The Balaban J connectivity index is 1.99. The number of alkyl halides is 2. The van der Waals surface area contributed by atoms with Gasteiger partial charge in [-0.25, -0.2) is 4.98 Å². The second-order valence-electron chi connectivity index (χ2n) is 4.53. The maximum Gasteiger partial charge on any atom is 0.319 e. The molecule has 2 N–H and O–H groups in total. The average Bonchev–Trinajstić information content (AvgIpc) is 2.96. The minimum Gasteiger partial charge on any atom is -0.394 e. The van der Waals surface area contributed by atoms with Crippen LogP contribution in [0, 0.1) is 0 Å². The van der Waals surface area contributed by atoms with Crippen LogP contribution >= 0.6 is 0 Å². The topological polar surface area (TPSA) is 50.1 Å². The van der Waals surface area contributed by atoms with E-state index >= 15 is 0 Å². The van der Waals surface area contributed by atoms with Gasteiger partial charge in [-0.3, -0.25) is 4.57 Å². The van der Waals surface area contributed by atoms with Gasteiger partial charge in [0.25, 0.3) is 0 Å². The van der Waals surface area contributed by atoms with E-state index < -0.39 is 6.55 Å². The molecule has 1 aliphatic rings. The quantitative estimate of drug-likeness (QED) is 0.829. The van der Waals surface area contributed by atoms with E-state index in [0.29, 0.717) is 5.82 Å². The van der Waals surface area contributed by atoms with Gasteiger partial charge in [0.15, 0.2) is 0 Å². The number of hydrogen-bond acceptors (Lipinski definition) is 3. The lowest BCUT2D eigenvalue weighted by molar-refractivity contribution is 0.0655. The number of aromatic nitrogens is 2. The molecule has 0 bridgehead atoms. The van der Waals surface area contributed by atoms with Crippen molar-refractivity contribution in [2.24, 2.45) is 0 Å². The van der Waals surface area contributed by atoms with E-state index in [9.17, 15) is 13.9 Å². The Morgan fingerprint density at radius 3 is 2.76 bits per heavy atom. The zero-order chi connectivity index (χ0) is 12.3. The summed E-state index contributed by atoms with van der Waals surface area (Å²) in [5.41, 5.74) is -0.307. The molecule has 0 aliphatic heterocycles. The normalized spacial score (nSPS) is 19.1. The summed E-state index contributed by atoms with van der Waals surface area (Å²) < 4.78 is 26.0. The van der Waals surface area contributed by atoms with Crippen LogP contribution in [0.3, 0.4) is 0 Å². The molecule has 1 aromatic rings. The number of rotatable bonds is 5. The fourth-order valence-corrected chi connectivity index (χ4v) is 2.37. The molecule has 0 saturated heterocycles. The van der Waals surface area contributed by atoms with Crippen molar-refractivity contribution in [3.63, 3.8) is 0 Å². The Morgan fingerprint density at radius 2 is 2.18 bits per heavy atom. The first-order valence-electron chi connectivity index (χ1n) is 5.83. The Kier molecular flexibility index (Phi) is 3.73. The van der Waals surface area contributed by atoms with Gasteiger partial charge in [0.2, 0.25) is 0 Å². The fourth-order valence-electron chi connectivity index (χ4n) is 2.37. The maximum atomic E-state index is 12.6. The van der Waals surface area contributed by atoms with Crippen molar-refractivity contribution in [1.29, 1.82) is 0 Å². The van der Waals surface area contributed by atoms with E-state index in [-0.39, 0.29) is 18.7 Å². The van der Waals surface area contributed by atoms with Gasteiger partial charge in [-0.1, -0.05) is 12.8 Å². The number of halogens is 2. The van der Waals surface area contributed by atoms with Crippen molar-refractivity contribution in [3.8, 4) is 0 Å². The molecule has 6 heteroatoms. The van der Waals surface area contributed by atoms with Crippen LogP contribution in [0.2, 0.25) is 0 Å². The lowest BCUT2D eigenvalue weighted by Crippen LogP contribution is -2.45. The van der Waals surface area contributed by atoms with E-state index in [2.05, 4.69) is 10.3 Å². The lowest BCUT2D eigenvalue weighted by atomic mass is 9.99. The molecular formula is C11H17F2N3O. The highest BCUT2D eigenvalue weighted by atomic mass is 19.3. The third-order valence-corrected chi connectivity index (χ3v) is 3.44. The second-order valence-corrected chi connectivity index (χ2v) is 4.53. The molecule has 1 saturated carbocycles. The Hall–Kier alpha value is -1.01. The predicted octanol–water partition coefficient (Wildman–Crippen LogP) is 1.67. The summed E-state index contributed by atoms with van der Waals surface area (Å²) in [5.74, 6) is 0.305. The molecule has 1 aliphatic carbocycles. The molecule has 1 heterocycles. The first kappa shape index (κ1) is 12.4. The van der Waals surface area contributed by atoms with Gasteiger partial charge in [0.05, 0.1) is 13.2 Å². The number of nitrogens with one attached hydrogen (secondary N) is 1. The predicted molar refractivity (Wildman–Crippen MR) is 58.6 cm³/mol. The van der Waals surface area contributed by atoms with Gasteiger partial charge in [-0.15, -0.1) is 0 Å². The largest absolute Gasteiger partial charge is 0.394 e. The minimum atomic E-state index is -2.57. The minimum absolute atomic E-state index is 0.0440. The van der Waals surface area contributed by atoms with E-state index in [0.717, 1.165) is 30.3 Å². The Labute approximate surface area is 98.7 Å². The smallest absolute Gasteiger partial charge is 0.319 e. The van der Waals surface area contributed by atoms with Crippen LogP contribution in [0.5, 0.6) is 0 Å². The first-order valence-corrected chi connectivity index (χ1v) is 5.83. The molecule has 0 unspecified atom stereocenters. The number of imidazole rings is 1. The van der Waals surface area contributed by atoms with Crippen molar-refractivity contribution >= 4 is 0 Å². The Morgan fingerprint density at radius 1 is 1.47 bits per heavy atom. The summed E-state index contributed by atoms with van der Waals surface area (Å²) in [5, 5.41) is 12.6. The maximum absolute atomic E-state index is 12.6. The Bertz CT molecular complexity index is 361. The van der Waals surface area contributed by atoms with Crippen LogP contribution in [0.1, 0.15) is 38.1 Å². The zero-order valence-electron chi connectivity index (χ0n) is 9.57. The van der Waals surface area contributed by atoms with E-state index in [1.807, 2.05) is 0 Å². The summed E-state index contributed by atoms with van der Waals surface area (Å²) in [6, 6.07) is 0. The molecule has 0 spiro atoms. The standard InChI is InChI=1S/C11H17F2N3O/c12-10(13)16-6-5-14-9(16)7-15-11(8-17)3-1-2-4-11/h5-6,10,15,17H,1-4,7-8H2. The second kappa shape index (κ2) is 5.10. The number of aliphatic hydroxyl groups excluding tert-OH is 1. The van der Waals surface area contributed by atoms with Crippen LogP contribution in [-0.2, 0) is 6.54 Å². The molecule has 1 fully saturated rings. The molecule has 0 radical (unpaired) electrons. The van der Waals surface area contributed by atoms with Gasteiger partial charge in [-0.05, 0) is 12.8 Å². The van der Waals surface area contributed by atoms with Gasteiger partial charge in [0.1, 0.15) is 5.82 Å². The van der Waals surface area contributed by atoms with E-state index in [4.69, 9.17) is 0 Å². The van der Waals surface area contributed by atoms with Gasteiger partial charge >= 0.3 is 6.55 Å². The van der Waals surface area contributed by atoms with Crippen LogP contribution in [-0.4, -0.2) is 26.8 Å². The van der Waals surface area contributed by atoms with Crippen molar-refractivity contribution in [2.75, 3.05) is 6.61 Å². The van der Waals surface area contributed by atoms with Crippen LogP contribution in [0.15, 0.2) is 12.4 Å². The van der Waals surface area contributed by atoms with Gasteiger partial charge < -0.3 is 10.4 Å². The third-order valence-electron chi connectivity index (χ3n) is 3.44. The van der Waals surface area contributed by atoms with E-state index in [1.165, 1.54) is 12.4 Å². The van der Waals surface area contributed by atoms with Crippen LogP contribution in [0.25, 0.3) is 0 Å². The summed E-state index contributed by atoms with van der Waals surface area (Å²) in [6.07, 6.45) is 6.54. The number of hydrogen-bond donors (Lipinski definition) is 2. The van der Waals surface area contributed by atoms with Gasteiger partial charge in [-0.2, -0.15) is 8.78 Å². The lowest BCUT2D eigenvalue weighted by Gasteiger charge is -2.28. The molecule has 17 heavy (non-hydrogen) atoms. The van der Waals surface area contributed by atoms with Crippen molar-refractivity contribution < 1.29 is 13.9 Å². The average molecular weight is 245 g/mol. The first-order chi connectivity index (χ1) is 8.17. The summed E-state index contributed by atoms with van der Waals surface area (Å²) in [7, 11) is 0. The highest BCUT2D eigenvalue weighted by Gasteiger charge is 2.32. The summed E-state index contributed by atoms with van der Waals surface area (Å²) >= 11 is 0. The van der Waals surface area contributed by atoms with Crippen molar-refractivity contribution in [3.05, 3.63) is 18.2 Å². The number of nitrogens with zero attached hydrogens (tertiary/aromatic N) is 2. The zero-order valence-corrected chi connectivity index (χ0v) is 9.57. The fraction of sp³-hybridized carbons (Fsp3) is 0.727. The van der Waals surface area contributed by atoms with Gasteiger partial charge in [0, 0.05) is 17.9 Å². The highest BCUT2D eigenvalue weighted by Crippen LogP contribution is 2.29. The molecule has 0 aromatic carbocycles. The number of aliphatic hydroxyl groups is 1. The molecule has 96 valence electrons. The van der Waals surface area contributed by atoms with Crippen LogP contribution in [0.4, 0.5) is 8.78 Å². The molecule has 0 atom stereocenters. The highest BCUT2D eigenvalue weighted by molar-refractivity contribution is 4.97. The van der Waals surface area contributed by atoms with Crippen molar-refractivity contribution in [2.45, 2.75) is 44.3 Å². The third kappa shape index (κ3) is 2.63. The molecule has 0 amide bonds. The monoisotopic (exact) mass is 245 g/mol. The molecule has 2 rings (SSSR count). The van der Waals surface area contributed by atoms with Crippen LogP contribution < -0.4 is 5.32 Å². The molecule has 1 aromatic heterocycles. The molecular weight excluding hydrogens is 228 g/mol. The van der Waals surface area contributed by atoms with E-state index in [1.54, 1.807) is 0 Å². The van der Waals surface area contributed by atoms with Crippen molar-refractivity contribution in [1.82, 2.24) is 14.9 Å². The SMILES string of the molecule is OCC1(NCc2nccn2C(F)F)CCCC1. The summed E-state index contributed by atoms with van der Waals surface area (Å²) in [6.45, 7) is -2.26. The summed E-state index contributed by atoms with van der Waals surface area (Å²) in [4.78, 5) is 3.90.